The Morgan fingerprint density at radius 2 is 1.88 bits per heavy atom. The molecule has 5 rings (SSSR count). The van der Waals surface area contributed by atoms with Crippen LogP contribution < -0.4 is 5.32 Å². The van der Waals surface area contributed by atoms with Crippen LogP contribution in [0.15, 0.2) is 30.6 Å². The van der Waals surface area contributed by atoms with E-state index < -0.39 is 26.0 Å². The van der Waals surface area contributed by atoms with Gasteiger partial charge in [-0.2, -0.15) is 5.10 Å². The van der Waals surface area contributed by atoms with Crippen LogP contribution in [0.1, 0.15) is 79.4 Å². The van der Waals surface area contributed by atoms with E-state index >= 15 is 0 Å². The Labute approximate surface area is 245 Å². The Morgan fingerprint density at radius 1 is 1.22 bits per heavy atom. The molecule has 2 N–H and O–H groups in total. The van der Waals surface area contributed by atoms with Gasteiger partial charge in [0.1, 0.15) is 17.1 Å². The van der Waals surface area contributed by atoms with E-state index in [1.54, 1.807) is 36.5 Å². The largest absolute Gasteiger partial charge is 0.384 e. The predicted molar refractivity (Wildman–Crippen MR) is 155 cm³/mol. The number of aromatic nitrogens is 4. The van der Waals surface area contributed by atoms with E-state index in [0.29, 0.717) is 37.1 Å². The maximum Gasteiger partial charge on any atom is 0.274 e. The molecule has 0 bridgehead atoms. The summed E-state index contributed by atoms with van der Waals surface area (Å²) in [5.74, 6) is -0.282. The Morgan fingerprint density at radius 3 is 2.49 bits per heavy atom. The molecule has 2 heterocycles. The first-order valence-corrected chi connectivity index (χ1v) is 16.1. The Balaban J connectivity index is 1.27. The first kappa shape index (κ1) is 29.7. The molecule has 2 saturated carbocycles. The molecule has 1 amide bonds. The van der Waals surface area contributed by atoms with Crippen LogP contribution in [0.2, 0.25) is 5.02 Å². The highest BCUT2D eigenvalue weighted by atomic mass is 35.5. The van der Waals surface area contributed by atoms with Crippen LogP contribution in [-0.2, 0) is 36.0 Å². The summed E-state index contributed by atoms with van der Waals surface area (Å²) in [7, 11) is 0.391. The summed E-state index contributed by atoms with van der Waals surface area (Å²) in [6.07, 6.45) is 6.63. The summed E-state index contributed by atoms with van der Waals surface area (Å²) in [4.78, 5) is 17.8. The molecule has 0 spiro atoms. The van der Waals surface area contributed by atoms with E-state index in [9.17, 15) is 22.7 Å². The fourth-order valence-electron chi connectivity index (χ4n) is 6.58. The van der Waals surface area contributed by atoms with Gasteiger partial charge in [-0.3, -0.25) is 9.48 Å². The number of halogens is 2. The second-order valence-electron chi connectivity index (χ2n) is 12.5. The Kier molecular flexibility index (Phi) is 7.61. The average molecular weight is 606 g/mol. The Bertz CT molecular complexity index is 1580. The number of aliphatic hydroxyl groups is 1. The number of imidazole rings is 1. The van der Waals surface area contributed by atoms with Gasteiger partial charge < -0.3 is 15.0 Å². The maximum absolute atomic E-state index is 13.6. The highest BCUT2D eigenvalue weighted by molar-refractivity contribution is 7.92. The lowest BCUT2D eigenvalue weighted by atomic mass is 9.89. The van der Waals surface area contributed by atoms with E-state index in [2.05, 4.69) is 15.4 Å². The third-order valence-corrected chi connectivity index (χ3v) is 11.7. The molecule has 9 nitrogen and oxygen atoms in total. The SMILES string of the molecule is Cn1cnc(C2CC3CC(O)(c4cc(CCC(C)(C)S(C)(=O)=O)nn4C)CC3C2)c1C(=O)Nc1ccc(F)c(Cl)c1. The van der Waals surface area contributed by atoms with Crippen LogP contribution in [0.5, 0.6) is 0 Å². The van der Waals surface area contributed by atoms with Gasteiger partial charge in [0.15, 0.2) is 9.84 Å². The smallest absolute Gasteiger partial charge is 0.274 e. The lowest BCUT2D eigenvalue weighted by molar-refractivity contribution is 0.0263. The molecule has 0 saturated heterocycles. The molecule has 0 aliphatic heterocycles. The number of nitrogens with one attached hydrogen (secondary N) is 1. The lowest BCUT2D eigenvalue weighted by Crippen LogP contribution is -2.31. The molecule has 2 atom stereocenters. The molecule has 0 radical (unpaired) electrons. The van der Waals surface area contributed by atoms with Crippen LogP contribution in [0.4, 0.5) is 10.1 Å². The van der Waals surface area contributed by atoms with Crippen molar-refractivity contribution in [1.82, 2.24) is 19.3 Å². The number of sulfone groups is 1. The minimum absolute atomic E-state index is 0.0672. The number of nitrogens with zero attached hydrogens (tertiary/aromatic N) is 4. The number of hydrogen-bond donors (Lipinski definition) is 2. The van der Waals surface area contributed by atoms with Crippen LogP contribution in [-0.4, -0.2) is 49.8 Å². The zero-order valence-electron chi connectivity index (χ0n) is 24.0. The second kappa shape index (κ2) is 10.5. The van der Waals surface area contributed by atoms with Gasteiger partial charge in [0, 0.05) is 32.0 Å². The van der Waals surface area contributed by atoms with Crippen molar-refractivity contribution in [2.24, 2.45) is 25.9 Å². The van der Waals surface area contributed by atoms with Crippen molar-refractivity contribution >= 4 is 33.0 Å². The summed E-state index contributed by atoms with van der Waals surface area (Å²) in [5, 5.41) is 19.1. The molecule has 12 heteroatoms. The normalized spacial score (nSPS) is 24.5. The molecular weight excluding hydrogens is 569 g/mol. The zero-order chi connectivity index (χ0) is 29.9. The number of carbonyl (C=O) groups is 1. The van der Waals surface area contributed by atoms with Crippen molar-refractivity contribution in [1.29, 1.82) is 0 Å². The summed E-state index contributed by atoms with van der Waals surface area (Å²) < 4.78 is 40.3. The van der Waals surface area contributed by atoms with Gasteiger partial charge in [-0.25, -0.2) is 17.8 Å². The van der Waals surface area contributed by atoms with Gasteiger partial charge in [0.05, 0.1) is 33.2 Å². The topological polar surface area (TPSA) is 119 Å². The quantitative estimate of drug-likeness (QED) is 0.383. The van der Waals surface area contributed by atoms with E-state index in [1.807, 2.05) is 13.1 Å². The number of amides is 1. The zero-order valence-corrected chi connectivity index (χ0v) is 25.6. The van der Waals surface area contributed by atoms with Crippen LogP contribution in [0.3, 0.4) is 0 Å². The predicted octanol–water partition coefficient (Wildman–Crippen LogP) is 4.75. The van der Waals surface area contributed by atoms with Crippen LogP contribution in [0.25, 0.3) is 0 Å². The van der Waals surface area contributed by atoms with Gasteiger partial charge in [-0.1, -0.05) is 11.6 Å². The summed E-state index contributed by atoms with van der Waals surface area (Å²) in [6.45, 7) is 3.45. The minimum atomic E-state index is -3.20. The second-order valence-corrected chi connectivity index (χ2v) is 15.5. The van der Waals surface area contributed by atoms with Crippen LogP contribution >= 0.6 is 11.6 Å². The summed E-state index contributed by atoms with van der Waals surface area (Å²) >= 11 is 5.88. The van der Waals surface area contributed by atoms with Gasteiger partial charge in [-0.15, -0.1) is 0 Å². The number of aryl methyl sites for hydroxylation is 3. The van der Waals surface area contributed by atoms with Crippen molar-refractivity contribution in [3.05, 3.63) is 64.2 Å². The summed E-state index contributed by atoms with van der Waals surface area (Å²) in [5.41, 5.74) is 2.10. The fourth-order valence-corrected chi connectivity index (χ4v) is 7.24. The number of fused-ring (bicyclic) bond motifs is 1. The minimum Gasteiger partial charge on any atom is -0.384 e. The summed E-state index contributed by atoms with van der Waals surface area (Å²) in [6, 6.07) is 5.97. The van der Waals surface area contributed by atoms with Crippen molar-refractivity contribution in [2.45, 2.75) is 68.6 Å². The van der Waals surface area contributed by atoms with Gasteiger partial charge in [0.2, 0.25) is 0 Å². The molecule has 2 aliphatic rings. The molecule has 2 fully saturated rings. The number of hydrogen-bond acceptors (Lipinski definition) is 6. The molecule has 1 aromatic carbocycles. The third-order valence-electron chi connectivity index (χ3n) is 9.18. The molecule has 2 unspecified atom stereocenters. The van der Waals surface area contributed by atoms with E-state index in [-0.39, 0.29) is 28.7 Å². The van der Waals surface area contributed by atoms with Crippen molar-refractivity contribution in [3.63, 3.8) is 0 Å². The van der Waals surface area contributed by atoms with Gasteiger partial charge in [-0.05, 0) is 88.5 Å². The number of rotatable bonds is 8. The molecule has 222 valence electrons. The van der Waals surface area contributed by atoms with E-state index in [0.717, 1.165) is 29.9 Å². The first-order valence-electron chi connectivity index (χ1n) is 13.8. The van der Waals surface area contributed by atoms with Crippen molar-refractivity contribution < 1.29 is 22.7 Å². The highest BCUT2D eigenvalue weighted by Gasteiger charge is 2.51. The lowest BCUT2D eigenvalue weighted by Gasteiger charge is -2.25. The third kappa shape index (κ3) is 5.68. The van der Waals surface area contributed by atoms with Crippen LogP contribution in [0, 0.1) is 17.7 Å². The fraction of sp³-hybridized carbons (Fsp3) is 0.552. The molecule has 2 aliphatic carbocycles. The molecule has 41 heavy (non-hydrogen) atoms. The van der Waals surface area contributed by atoms with Crippen molar-refractivity contribution in [2.75, 3.05) is 11.6 Å². The number of anilines is 1. The van der Waals surface area contributed by atoms with Gasteiger partial charge >= 0.3 is 0 Å². The first-order chi connectivity index (χ1) is 19.1. The molecular formula is C29H37ClFN5O4S. The molecule has 2 aromatic heterocycles. The monoisotopic (exact) mass is 605 g/mol. The molecule has 3 aromatic rings. The van der Waals surface area contributed by atoms with E-state index in [4.69, 9.17) is 11.6 Å². The maximum atomic E-state index is 13.6. The standard InChI is InChI=1S/C29H37ClFN5O4S/c1-28(2,41(5,39)40)9-8-21-13-24(36(4)34-21)29(38)14-18-10-17(11-19(18)15-29)25-26(35(3)16-32-25)27(37)33-20-6-7-23(31)22(30)12-20/h6-7,12-13,16-19,38H,8-11,14-15H2,1-5H3,(H,33,37). The van der Waals surface area contributed by atoms with Crippen molar-refractivity contribution in [3.8, 4) is 0 Å². The van der Waals surface area contributed by atoms with Gasteiger partial charge in [0.25, 0.3) is 5.91 Å². The van der Waals surface area contributed by atoms with E-state index in [1.165, 1.54) is 24.5 Å². The Hall–Kier alpha value is -2.76. The highest BCUT2D eigenvalue weighted by Crippen LogP contribution is 2.56. The number of benzene rings is 1. The average Bonchev–Trinajstić information content (AvgIpc) is 3.61. The number of carbonyl (C=O) groups excluding carboxylic acids is 1.